The molecule has 2 aromatic carbocycles. The Bertz CT molecular complexity index is 868. The molecule has 0 heterocycles. The zero-order valence-corrected chi connectivity index (χ0v) is 17.0. The predicted octanol–water partition coefficient (Wildman–Crippen LogP) is 3.92. The van der Waals surface area contributed by atoms with Crippen LogP contribution in [0, 0.1) is 0 Å². The monoisotopic (exact) mass is 410 g/mol. The smallest absolute Gasteiger partial charge is 0.248 e. The molecule has 0 aromatic heterocycles. The predicted molar refractivity (Wildman–Crippen MR) is 109 cm³/mol. The summed E-state index contributed by atoms with van der Waals surface area (Å²) in [5.74, 6) is 0.215. The maximum absolute atomic E-state index is 12.8. The molecule has 1 amide bonds. The largest absolute Gasteiger partial charge is 0.494 e. The van der Waals surface area contributed by atoms with Gasteiger partial charge in [0.15, 0.2) is 0 Å². The van der Waals surface area contributed by atoms with E-state index in [1.165, 1.54) is 0 Å². The van der Waals surface area contributed by atoms with Crippen molar-refractivity contribution in [2.45, 2.75) is 26.3 Å². The molecule has 0 aliphatic rings. The van der Waals surface area contributed by atoms with Crippen LogP contribution in [-0.2, 0) is 14.8 Å². The van der Waals surface area contributed by atoms with Crippen LogP contribution in [0.1, 0.15) is 20.3 Å². The lowest BCUT2D eigenvalue weighted by Crippen LogP contribution is -2.46. The molecule has 1 atom stereocenters. The summed E-state index contributed by atoms with van der Waals surface area (Å²) in [4.78, 5) is 12.8. The van der Waals surface area contributed by atoms with Crippen molar-refractivity contribution in [2.24, 2.45) is 0 Å². The number of hydrogen-bond acceptors (Lipinski definition) is 4. The van der Waals surface area contributed by atoms with E-state index in [0.29, 0.717) is 35.2 Å². The molecule has 8 heteroatoms. The molecule has 0 saturated carbocycles. The van der Waals surface area contributed by atoms with Crippen LogP contribution in [0.15, 0.2) is 48.5 Å². The Morgan fingerprint density at radius 3 is 2.19 bits per heavy atom. The van der Waals surface area contributed by atoms with Crippen molar-refractivity contribution in [1.29, 1.82) is 0 Å². The number of amides is 1. The van der Waals surface area contributed by atoms with Crippen LogP contribution in [0.25, 0.3) is 0 Å². The Labute approximate surface area is 165 Å². The standard InChI is InChI=1S/C19H23ClN2O4S/c1-4-18(19(23)21-15-8-6-14(20)7-9-15)22(27(3,24)25)16-10-12-17(13-11-16)26-5-2/h6-13,18H,4-5H2,1-3H3,(H,21,23)/t18-/m0/s1. The molecule has 6 nitrogen and oxygen atoms in total. The van der Waals surface area contributed by atoms with Crippen LogP contribution < -0.4 is 14.4 Å². The zero-order valence-electron chi connectivity index (χ0n) is 15.5. The molecule has 0 unspecified atom stereocenters. The van der Waals surface area contributed by atoms with Crippen molar-refractivity contribution >= 4 is 38.9 Å². The van der Waals surface area contributed by atoms with E-state index < -0.39 is 22.0 Å². The number of nitrogens with zero attached hydrogens (tertiary/aromatic N) is 1. The molecule has 0 spiro atoms. The van der Waals surface area contributed by atoms with Crippen molar-refractivity contribution in [1.82, 2.24) is 0 Å². The third-order valence-corrected chi connectivity index (χ3v) is 5.28. The molecule has 2 rings (SSSR count). The minimum absolute atomic E-state index is 0.305. The number of carbonyl (C=O) groups excluding carboxylic acids is 1. The summed E-state index contributed by atoms with van der Waals surface area (Å²) in [6.45, 7) is 4.14. The van der Waals surface area contributed by atoms with Crippen LogP contribution >= 0.6 is 11.6 Å². The molecule has 0 aliphatic heterocycles. The van der Waals surface area contributed by atoms with Crippen molar-refractivity contribution in [2.75, 3.05) is 22.5 Å². The molecule has 0 radical (unpaired) electrons. The third kappa shape index (κ3) is 5.61. The van der Waals surface area contributed by atoms with Crippen LogP contribution in [-0.4, -0.2) is 33.2 Å². The van der Waals surface area contributed by atoms with Gasteiger partial charge in [-0.3, -0.25) is 9.10 Å². The lowest BCUT2D eigenvalue weighted by molar-refractivity contribution is -0.117. The molecular weight excluding hydrogens is 388 g/mol. The number of carbonyl (C=O) groups is 1. The second kappa shape index (κ2) is 9.10. The highest BCUT2D eigenvalue weighted by Crippen LogP contribution is 2.26. The molecule has 1 N–H and O–H groups in total. The number of nitrogens with one attached hydrogen (secondary N) is 1. The van der Waals surface area contributed by atoms with Crippen molar-refractivity contribution in [3.05, 3.63) is 53.6 Å². The van der Waals surface area contributed by atoms with Gasteiger partial charge in [-0.15, -0.1) is 0 Å². The van der Waals surface area contributed by atoms with Gasteiger partial charge in [0.25, 0.3) is 0 Å². The molecule has 27 heavy (non-hydrogen) atoms. The van der Waals surface area contributed by atoms with Crippen molar-refractivity contribution < 1.29 is 17.9 Å². The number of sulfonamides is 1. The lowest BCUT2D eigenvalue weighted by Gasteiger charge is -2.30. The Hall–Kier alpha value is -2.25. The van der Waals surface area contributed by atoms with Gasteiger partial charge in [0.2, 0.25) is 15.9 Å². The average molecular weight is 411 g/mol. The lowest BCUT2D eigenvalue weighted by atomic mass is 10.1. The first kappa shape index (κ1) is 21.1. The molecule has 0 saturated heterocycles. The van der Waals surface area contributed by atoms with E-state index in [2.05, 4.69) is 5.32 Å². The fraction of sp³-hybridized carbons (Fsp3) is 0.316. The van der Waals surface area contributed by atoms with E-state index in [-0.39, 0.29) is 0 Å². The Morgan fingerprint density at radius 1 is 1.11 bits per heavy atom. The van der Waals surface area contributed by atoms with E-state index in [9.17, 15) is 13.2 Å². The van der Waals surface area contributed by atoms with Crippen LogP contribution in [0.4, 0.5) is 11.4 Å². The SMILES string of the molecule is CCOc1ccc(N([C@@H](CC)C(=O)Nc2ccc(Cl)cc2)S(C)(=O)=O)cc1. The van der Waals surface area contributed by atoms with Gasteiger partial charge in [-0.25, -0.2) is 8.42 Å². The number of halogens is 1. The number of ether oxygens (including phenoxy) is 1. The third-order valence-electron chi connectivity index (χ3n) is 3.84. The Morgan fingerprint density at radius 2 is 1.70 bits per heavy atom. The van der Waals surface area contributed by atoms with Crippen molar-refractivity contribution in [3.63, 3.8) is 0 Å². The van der Waals surface area contributed by atoms with E-state index in [4.69, 9.17) is 16.3 Å². The van der Waals surface area contributed by atoms with Gasteiger partial charge in [0, 0.05) is 10.7 Å². The van der Waals surface area contributed by atoms with Crippen molar-refractivity contribution in [3.8, 4) is 5.75 Å². The van der Waals surface area contributed by atoms with Gasteiger partial charge in [-0.05, 0) is 61.9 Å². The summed E-state index contributed by atoms with van der Waals surface area (Å²) in [6.07, 6.45) is 1.39. The van der Waals surface area contributed by atoms with Gasteiger partial charge >= 0.3 is 0 Å². The average Bonchev–Trinajstić information content (AvgIpc) is 2.61. The van der Waals surface area contributed by atoms with Gasteiger partial charge in [0.1, 0.15) is 11.8 Å². The fourth-order valence-electron chi connectivity index (χ4n) is 2.68. The van der Waals surface area contributed by atoms with Gasteiger partial charge in [0.05, 0.1) is 18.6 Å². The first-order valence-corrected chi connectivity index (χ1v) is 10.8. The maximum Gasteiger partial charge on any atom is 0.248 e. The fourth-order valence-corrected chi connectivity index (χ4v) is 4.01. The first-order chi connectivity index (χ1) is 12.8. The van der Waals surface area contributed by atoms with Crippen LogP contribution in [0.5, 0.6) is 5.75 Å². The van der Waals surface area contributed by atoms with E-state index in [1.54, 1.807) is 55.5 Å². The van der Waals surface area contributed by atoms with Crippen LogP contribution in [0.3, 0.4) is 0 Å². The molecule has 146 valence electrons. The van der Waals surface area contributed by atoms with Gasteiger partial charge in [-0.2, -0.15) is 0 Å². The van der Waals surface area contributed by atoms with Crippen LogP contribution in [0.2, 0.25) is 5.02 Å². The molecule has 0 aliphatic carbocycles. The zero-order chi connectivity index (χ0) is 20.0. The van der Waals surface area contributed by atoms with E-state index in [0.717, 1.165) is 10.6 Å². The quantitative estimate of drug-likeness (QED) is 0.715. The first-order valence-electron chi connectivity index (χ1n) is 8.55. The Balaban J connectivity index is 2.32. The number of benzene rings is 2. The summed E-state index contributed by atoms with van der Waals surface area (Å²) in [5.41, 5.74) is 0.946. The topological polar surface area (TPSA) is 75.7 Å². The highest BCUT2D eigenvalue weighted by molar-refractivity contribution is 7.92. The van der Waals surface area contributed by atoms with E-state index in [1.807, 2.05) is 6.92 Å². The highest BCUT2D eigenvalue weighted by Gasteiger charge is 2.31. The number of anilines is 2. The summed E-state index contributed by atoms with van der Waals surface area (Å²) in [7, 11) is -3.69. The normalized spacial score (nSPS) is 12.3. The molecule has 0 fully saturated rings. The molecular formula is C19H23ClN2O4S. The second-order valence-corrected chi connectivity index (χ2v) is 8.20. The summed E-state index contributed by atoms with van der Waals surface area (Å²) < 4.78 is 31.4. The van der Waals surface area contributed by atoms with E-state index >= 15 is 0 Å². The minimum Gasteiger partial charge on any atom is -0.494 e. The second-order valence-electron chi connectivity index (χ2n) is 5.91. The minimum atomic E-state index is -3.69. The number of hydrogen-bond donors (Lipinski definition) is 1. The summed E-state index contributed by atoms with van der Waals surface area (Å²) in [6, 6.07) is 12.4. The molecule has 2 aromatic rings. The summed E-state index contributed by atoms with van der Waals surface area (Å²) in [5, 5.41) is 3.29. The summed E-state index contributed by atoms with van der Waals surface area (Å²) >= 11 is 5.85. The Kier molecular flexibility index (Phi) is 7.10. The van der Waals surface area contributed by atoms with Gasteiger partial charge < -0.3 is 10.1 Å². The molecule has 0 bridgehead atoms. The highest BCUT2D eigenvalue weighted by atomic mass is 35.5. The number of rotatable bonds is 8. The maximum atomic E-state index is 12.8. The van der Waals surface area contributed by atoms with Gasteiger partial charge in [-0.1, -0.05) is 18.5 Å².